The zero-order chi connectivity index (χ0) is 13.7. The van der Waals surface area contributed by atoms with Crippen LogP contribution in [0.5, 0.6) is 0 Å². The number of benzene rings is 1. The topological polar surface area (TPSA) is 55.6 Å². The van der Waals surface area contributed by atoms with Crippen LogP contribution in [-0.4, -0.2) is 32.2 Å². The van der Waals surface area contributed by atoms with Crippen LogP contribution in [0.4, 0.5) is 5.69 Å². The smallest absolute Gasteiger partial charge is 0.229 e. The molecule has 1 unspecified atom stereocenters. The molecule has 4 nitrogen and oxygen atoms in total. The molecule has 1 heterocycles. The Kier molecular flexibility index (Phi) is 4.93. The number of carbonyl (C=O) groups is 1. The number of ether oxygens (including phenoxy) is 1. The fourth-order valence-electron chi connectivity index (χ4n) is 2.62. The monoisotopic (exact) mass is 262 g/mol. The van der Waals surface area contributed by atoms with E-state index in [2.05, 4.69) is 6.07 Å². The molecule has 104 valence electrons. The molecule has 1 atom stereocenters. The molecule has 0 spiro atoms. The van der Waals surface area contributed by atoms with Gasteiger partial charge in [-0.1, -0.05) is 18.2 Å². The van der Waals surface area contributed by atoms with Crippen LogP contribution in [0.25, 0.3) is 0 Å². The summed E-state index contributed by atoms with van der Waals surface area (Å²) in [6, 6.07) is 8.12. The van der Waals surface area contributed by atoms with Crippen LogP contribution < -0.4 is 10.6 Å². The number of fused-ring (bicyclic) bond motifs is 1. The molecule has 0 aliphatic carbocycles. The Morgan fingerprint density at radius 3 is 3.00 bits per heavy atom. The van der Waals surface area contributed by atoms with Crippen LogP contribution in [-0.2, 0) is 9.53 Å². The first-order chi connectivity index (χ1) is 9.27. The lowest BCUT2D eigenvalue weighted by Crippen LogP contribution is -2.30. The van der Waals surface area contributed by atoms with Crippen LogP contribution in [0.2, 0.25) is 0 Å². The number of rotatable bonds is 6. The molecule has 0 bridgehead atoms. The Morgan fingerprint density at radius 1 is 1.47 bits per heavy atom. The number of nitrogens with zero attached hydrogens (tertiary/aromatic N) is 1. The lowest BCUT2D eigenvalue weighted by Gasteiger charge is -2.17. The lowest BCUT2D eigenvalue weighted by molar-refractivity contribution is -0.119. The van der Waals surface area contributed by atoms with E-state index in [0.717, 1.165) is 18.7 Å². The summed E-state index contributed by atoms with van der Waals surface area (Å²) < 4.78 is 5.26. The van der Waals surface area contributed by atoms with Crippen LogP contribution in [0.1, 0.15) is 31.2 Å². The molecule has 0 saturated heterocycles. The van der Waals surface area contributed by atoms with Gasteiger partial charge in [-0.15, -0.1) is 0 Å². The quantitative estimate of drug-likeness (QED) is 0.797. The second kappa shape index (κ2) is 6.68. The SMILES string of the molecule is CCOCCC(=O)N1CC(CCN)c2ccccc21. The van der Waals surface area contributed by atoms with Crippen molar-refractivity contribution in [2.75, 3.05) is 31.2 Å². The average Bonchev–Trinajstić information content (AvgIpc) is 2.79. The zero-order valence-electron chi connectivity index (χ0n) is 11.5. The minimum atomic E-state index is 0.139. The molecule has 4 heteroatoms. The fraction of sp³-hybridized carbons (Fsp3) is 0.533. The van der Waals surface area contributed by atoms with Gasteiger partial charge in [0, 0.05) is 24.8 Å². The van der Waals surface area contributed by atoms with Gasteiger partial charge in [0.05, 0.1) is 13.0 Å². The third-order valence-electron chi connectivity index (χ3n) is 3.55. The van der Waals surface area contributed by atoms with Crippen molar-refractivity contribution >= 4 is 11.6 Å². The minimum absolute atomic E-state index is 0.139. The standard InChI is InChI=1S/C15H22N2O2/c1-2-19-10-8-15(18)17-11-12(7-9-16)13-5-3-4-6-14(13)17/h3-6,12H,2,7-11,16H2,1H3. The molecule has 0 saturated carbocycles. The highest BCUT2D eigenvalue weighted by molar-refractivity contribution is 5.95. The molecule has 1 aliphatic rings. The second-order valence-electron chi connectivity index (χ2n) is 4.78. The third-order valence-corrected chi connectivity index (χ3v) is 3.55. The van der Waals surface area contributed by atoms with E-state index in [-0.39, 0.29) is 5.91 Å². The Labute approximate surface area is 114 Å². The highest BCUT2D eigenvalue weighted by Crippen LogP contribution is 2.37. The number of para-hydroxylation sites is 1. The van der Waals surface area contributed by atoms with Crippen LogP contribution >= 0.6 is 0 Å². The van der Waals surface area contributed by atoms with Gasteiger partial charge in [-0.05, 0) is 31.5 Å². The van der Waals surface area contributed by atoms with Gasteiger partial charge in [0.2, 0.25) is 5.91 Å². The largest absolute Gasteiger partial charge is 0.381 e. The van der Waals surface area contributed by atoms with E-state index < -0.39 is 0 Å². The second-order valence-corrected chi connectivity index (χ2v) is 4.78. The number of amides is 1. The van der Waals surface area contributed by atoms with Gasteiger partial charge in [0.25, 0.3) is 0 Å². The Bertz CT molecular complexity index is 434. The summed E-state index contributed by atoms with van der Waals surface area (Å²) in [6.07, 6.45) is 1.36. The maximum absolute atomic E-state index is 12.2. The van der Waals surface area contributed by atoms with Gasteiger partial charge >= 0.3 is 0 Å². The first kappa shape index (κ1) is 14.0. The molecule has 2 N–H and O–H groups in total. The van der Waals surface area contributed by atoms with Gasteiger partial charge in [-0.2, -0.15) is 0 Å². The van der Waals surface area contributed by atoms with Gasteiger partial charge in [0.15, 0.2) is 0 Å². The lowest BCUT2D eigenvalue weighted by atomic mass is 9.98. The number of hydrogen-bond acceptors (Lipinski definition) is 3. The van der Waals surface area contributed by atoms with Crippen molar-refractivity contribution in [3.05, 3.63) is 29.8 Å². The van der Waals surface area contributed by atoms with E-state index in [1.165, 1.54) is 5.56 Å². The highest BCUT2D eigenvalue weighted by Gasteiger charge is 2.30. The summed E-state index contributed by atoms with van der Waals surface area (Å²) in [5.41, 5.74) is 7.95. The van der Waals surface area contributed by atoms with Gasteiger partial charge < -0.3 is 15.4 Å². The Morgan fingerprint density at radius 2 is 2.26 bits per heavy atom. The molecule has 2 rings (SSSR count). The number of anilines is 1. The summed E-state index contributed by atoms with van der Waals surface area (Å²) >= 11 is 0. The van der Waals surface area contributed by atoms with Crippen LogP contribution in [0.15, 0.2) is 24.3 Å². The summed E-state index contributed by atoms with van der Waals surface area (Å²) in [4.78, 5) is 14.1. The number of carbonyl (C=O) groups excluding carboxylic acids is 1. The molecular weight excluding hydrogens is 240 g/mol. The molecule has 0 radical (unpaired) electrons. The Hall–Kier alpha value is -1.39. The summed E-state index contributed by atoms with van der Waals surface area (Å²) in [5, 5.41) is 0. The highest BCUT2D eigenvalue weighted by atomic mass is 16.5. The molecular formula is C15H22N2O2. The van der Waals surface area contributed by atoms with Crippen molar-refractivity contribution in [3.63, 3.8) is 0 Å². The van der Waals surface area contributed by atoms with E-state index in [1.807, 2.05) is 30.0 Å². The average molecular weight is 262 g/mol. The van der Waals surface area contributed by atoms with E-state index >= 15 is 0 Å². The van der Waals surface area contributed by atoms with Gasteiger partial charge in [-0.3, -0.25) is 4.79 Å². The molecule has 19 heavy (non-hydrogen) atoms. The molecule has 1 amide bonds. The van der Waals surface area contributed by atoms with E-state index in [1.54, 1.807) is 0 Å². The maximum Gasteiger partial charge on any atom is 0.229 e. The normalized spacial score (nSPS) is 17.6. The van der Waals surface area contributed by atoms with Crippen molar-refractivity contribution in [1.29, 1.82) is 0 Å². The first-order valence-corrected chi connectivity index (χ1v) is 6.95. The summed E-state index contributed by atoms with van der Waals surface area (Å²) in [7, 11) is 0. The fourth-order valence-corrected chi connectivity index (χ4v) is 2.62. The number of hydrogen-bond donors (Lipinski definition) is 1. The van der Waals surface area contributed by atoms with Crippen molar-refractivity contribution in [3.8, 4) is 0 Å². The molecule has 0 aromatic heterocycles. The van der Waals surface area contributed by atoms with E-state index in [0.29, 0.717) is 32.1 Å². The number of nitrogens with two attached hydrogens (primary N) is 1. The molecule has 1 aliphatic heterocycles. The zero-order valence-corrected chi connectivity index (χ0v) is 11.5. The molecule has 1 aromatic rings. The Balaban J connectivity index is 2.08. The molecule has 0 fully saturated rings. The van der Waals surface area contributed by atoms with Crippen LogP contribution in [0, 0.1) is 0 Å². The van der Waals surface area contributed by atoms with Gasteiger partial charge in [0.1, 0.15) is 0 Å². The predicted molar refractivity (Wildman–Crippen MR) is 76.3 cm³/mol. The van der Waals surface area contributed by atoms with E-state index in [4.69, 9.17) is 10.5 Å². The van der Waals surface area contributed by atoms with Crippen molar-refractivity contribution < 1.29 is 9.53 Å². The maximum atomic E-state index is 12.2. The summed E-state index contributed by atoms with van der Waals surface area (Å²) in [5.74, 6) is 0.512. The predicted octanol–water partition coefficient (Wildman–Crippen LogP) is 1.89. The minimum Gasteiger partial charge on any atom is -0.381 e. The van der Waals surface area contributed by atoms with Crippen molar-refractivity contribution in [2.24, 2.45) is 5.73 Å². The summed E-state index contributed by atoms with van der Waals surface area (Å²) in [6.45, 7) is 4.49. The first-order valence-electron chi connectivity index (χ1n) is 6.95. The van der Waals surface area contributed by atoms with Crippen molar-refractivity contribution in [1.82, 2.24) is 0 Å². The van der Waals surface area contributed by atoms with Crippen LogP contribution in [0.3, 0.4) is 0 Å². The van der Waals surface area contributed by atoms with Gasteiger partial charge in [-0.25, -0.2) is 0 Å². The third kappa shape index (κ3) is 3.14. The molecule has 1 aromatic carbocycles. The van der Waals surface area contributed by atoms with Crippen molar-refractivity contribution in [2.45, 2.75) is 25.7 Å². The van der Waals surface area contributed by atoms with E-state index in [9.17, 15) is 4.79 Å².